The normalized spacial score (nSPS) is 11.6. The first kappa shape index (κ1) is 19.3. The van der Waals surface area contributed by atoms with E-state index in [1.807, 2.05) is 49.4 Å². The average molecular weight is 381 g/mol. The minimum atomic E-state index is -0.246. The molecule has 0 aliphatic carbocycles. The molecular weight excluding hydrogens is 358 g/mol. The van der Waals surface area contributed by atoms with E-state index < -0.39 is 0 Å². The fourth-order valence-electron chi connectivity index (χ4n) is 2.85. The van der Waals surface area contributed by atoms with Crippen molar-refractivity contribution in [1.29, 1.82) is 0 Å². The summed E-state index contributed by atoms with van der Waals surface area (Å²) in [5, 5.41) is 9.98. The van der Waals surface area contributed by atoms with Crippen LogP contribution in [0.25, 0.3) is 11.3 Å². The Morgan fingerprint density at radius 3 is 2.50 bits per heavy atom. The predicted molar refractivity (Wildman–Crippen MR) is 106 cm³/mol. The van der Waals surface area contributed by atoms with Crippen molar-refractivity contribution in [2.75, 3.05) is 21.3 Å². The first-order valence-electron chi connectivity index (χ1n) is 8.78. The van der Waals surface area contributed by atoms with Gasteiger partial charge in [0.25, 0.3) is 5.91 Å². The van der Waals surface area contributed by atoms with Gasteiger partial charge < -0.3 is 19.5 Å². The number of ether oxygens (including phenoxy) is 3. The van der Waals surface area contributed by atoms with E-state index >= 15 is 0 Å². The number of methoxy groups -OCH3 is 3. The number of hydrogen-bond acceptors (Lipinski definition) is 5. The summed E-state index contributed by atoms with van der Waals surface area (Å²) >= 11 is 0. The van der Waals surface area contributed by atoms with Crippen LogP contribution in [0.3, 0.4) is 0 Å². The van der Waals surface area contributed by atoms with Crippen LogP contribution < -0.4 is 19.5 Å². The number of rotatable bonds is 7. The molecule has 28 heavy (non-hydrogen) atoms. The summed E-state index contributed by atoms with van der Waals surface area (Å²) in [7, 11) is 4.77. The van der Waals surface area contributed by atoms with Crippen LogP contribution >= 0.6 is 0 Å². The Hall–Kier alpha value is -3.48. The molecular formula is C21H23N3O4. The van der Waals surface area contributed by atoms with Crippen LogP contribution in [0.15, 0.2) is 48.5 Å². The molecule has 0 radical (unpaired) electrons. The van der Waals surface area contributed by atoms with Crippen molar-refractivity contribution in [3.05, 3.63) is 59.8 Å². The second-order valence-corrected chi connectivity index (χ2v) is 6.21. The molecule has 0 aliphatic rings. The highest BCUT2D eigenvalue weighted by Crippen LogP contribution is 2.30. The number of aromatic amines is 1. The van der Waals surface area contributed by atoms with Crippen molar-refractivity contribution in [2.45, 2.75) is 13.0 Å². The summed E-state index contributed by atoms with van der Waals surface area (Å²) in [4.78, 5) is 12.6. The van der Waals surface area contributed by atoms with Crippen LogP contribution in [0.2, 0.25) is 0 Å². The van der Waals surface area contributed by atoms with E-state index in [1.54, 1.807) is 27.4 Å². The van der Waals surface area contributed by atoms with Crippen LogP contribution in [0.1, 0.15) is 29.0 Å². The van der Waals surface area contributed by atoms with Gasteiger partial charge in [0, 0.05) is 5.56 Å². The lowest BCUT2D eigenvalue weighted by Gasteiger charge is -2.16. The van der Waals surface area contributed by atoms with Crippen LogP contribution in [-0.2, 0) is 0 Å². The summed E-state index contributed by atoms with van der Waals surface area (Å²) in [6.07, 6.45) is 0. The Morgan fingerprint density at radius 2 is 1.79 bits per heavy atom. The molecule has 1 heterocycles. The van der Waals surface area contributed by atoms with Crippen LogP contribution in [-0.4, -0.2) is 37.4 Å². The molecule has 3 aromatic rings. The monoisotopic (exact) mass is 381 g/mol. The second-order valence-electron chi connectivity index (χ2n) is 6.21. The van der Waals surface area contributed by atoms with Crippen LogP contribution in [0.5, 0.6) is 17.2 Å². The number of carbonyl (C=O) groups excluding carboxylic acids is 1. The molecule has 3 rings (SSSR count). The number of benzene rings is 2. The number of hydrogen-bond donors (Lipinski definition) is 2. The molecule has 7 nitrogen and oxygen atoms in total. The van der Waals surface area contributed by atoms with Gasteiger partial charge in [-0.05, 0) is 42.8 Å². The van der Waals surface area contributed by atoms with Gasteiger partial charge in [-0.2, -0.15) is 5.10 Å². The molecule has 1 amide bonds. The standard InChI is InChI=1S/C21H23N3O4/c1-13(14-8-9-19(27-3)20(11-14)28-4)22-21(25)18-12-17(23-24-18)15-6-5-7-16(10-15)26-2/h5-13H,1-4H3,(H,22,25)(H,23,24)/t13-/m1/s1. The smallest absolute Gasteiger partial charge is 0.269 e. The molecule has 146 valence electrons. The molecule has 0 fully saturated rings. The van der Waals surface area contributed by atoms with Gasteiger partial charge in [-0.3, -0.25) is 9.89 Å². The molecule has 0 unspecified atom stereocenters. The number of carbonyl (C=O) groups is 1. The zero-order valence-electron chi connectivity index (χ0n) is 16.3. The molecule has 1 aromatic heterocycles. The van der Waals surface area contributed by atoms with E-state index in [9.17, 15) is 4.79 Å². The van der Waals surface area contributed by atoms with Gasteiger partial charge in [0.2, 0.25) is 0 Å². The quantitative estimate of drug-likeness (QED) is 0.653. The highest BCUT2D eigenvalue weighted by atomic mass is 16.5. The fourth-order valence-corrected chi connectivity index (χ4v) is 2.85. The molecule has 0 bridgehead atoms. The Balaban J connectivity index is 1.73. The maximum atomic E-state index is 12.6. The van der Waals surface area contributed by atoms with Crippen molar-refractivity contribution in [3.63, 3.8) is 0 Å². The molecule has 0 saturated heterocycles. The van der Waals surface area contributed by atoms with Gasteiger partial charge in [-0.15, -0.1) is 0 Å². The van der Waals surface area contributed by atoms with E-state index in [0.29, 0.717) is 22.9 Å². The third-order valence-corrected chi connectivity index (χ3v) is 4.44. The molecule has 2 N–H and O–H groups in total. The largest absolute Gasteiger partial charge is 0.497 e. The number of H-pyrrole nitrogens is 1. The lowest BCUT2D eigenvalue weighted by Crippen LogP contribution is -2.27. The Morgan fingerprint density at radius 1 is 1.00 bits per heavy atom. The lowest BCUT2D eigenvalue weighted by molar-refractivity contribution is 0.0934. The summed E-state index contributed by atoms with van der Waals surface area (Å²) < 4.78 is 15.8. The molecule has 7 heteroatoms. The van der Waals surface area contributed by atoms with Gasteiger partial charge in [-0.1, -0.05) is 18.2 Å². The van der Waals surface area contributed by atoms with E-state index in [4.69, 9.17) is 14.2 Å². The van der Waals surface area contributed by atoms with Gasteiger partial charge in [0.15, 0.2) is 11.5 Å². The maximum Gasteiger partial charge on any atom is 0.269 e. The van der Waals surface area contributed by atoms with Crippen molar-refractivity contribution < 1.29 is 19.0 Å². The van der Waals surface area contributed by atoms with Gasteiger partial charge >= 0.3 is 0 Å². The first-order chi connectivity index (χ1) is 13.5. The number of nitrogens with one attached hydrogen (secondary N) is 2. The van der Waals surface area contributed by atoms with Crippen LogP contribution in [0.4, 0.5) is 0 Å². The Kier molecular flexibility index (Phi) is 5.84. The fraction of sp³-hybridized carbons (Fsp3) is 0.238. The summed E-state index contributed by atoms with van der Waals surface area (Å²) in [6.45, 7) is 1.90. The van der Waals surface area contributed by atoms with Crippen molar-refractivity contribution >= 4 is 5.91 Å². The van der Waals surface area contributed by atoms with E-state index in [-0.39, 0.29) is 11.9 Å². The number of nitrogens with zero attached hydrogens (tertiary/aromatic N) is 1. The summed E-state index contributed by atoms with van der Waals surface area (Å²) in [5.74, 6) is 1.74. The number of amides is 1. The first-order valence-corrected chi connectivity index (χ1v) is 8.78. The molecule has 1 atom stereocenters. The molecule has 0 saturated carbocycles. The zero-order chi connectivity index (χ0) is 20.1. The van der Waals surface area contributed by atoms with Crippen molar-refractivity contribution in [2.24, 2.45) is 0 Å². The highest BCUT2D eigenvalue weighted by molar-refractivity contribution is 5.93. The van der Waals surface area contributed by atoms with Gasteiger partial charge in [0.05, 0.1) is 33.1 Å². The van der Waals surface area contributed by atoms with Crippen molar-refractivity contribution in [3.8, 4) is 28.5 Å². The van der Waals surface area contributed by atoms with Crippen molar-refractivity contribution in [1.82, 2.24) is 15.5 Å². The maximum absolute atomic E-state index is 12.6. The van der Waals surface area contributed by atoms with E-state index in [2.05, 4.69) is 15.5 Å². The van der Waals surface area contributed by atoms with E-state index in [1.165, 1.54) is 0 Å². The SMILES string of the molecule is COc1cccc(-c2cc(C(=O)N[C@H](C)c3ccc(OC)c(OC)c3)[nH]n2)c1. The topological polar surface area (TPSA) is 85.5 Å². The number of aromatic nitrogens is 2. The second kappa shape index (κ2) is 8.47. The molecule has 0 aliphatic heterocycles. The Bertz CT molecular complexity index is 968. The predicted octanol–water partition coefficient (Wildman–Crippen LogP) is 3.59. The minimum Gasteiger partial charge on any atom is -0.497 e. The molecule has 2 aromatic carbocycles. The Labute approximate surface area is 163 Å². The summed E-state index contributed by atoms with van der Waals surface area (Å²) in [6, 6.07) is 14.5. The third-order valence-electron chi connectivity index (χ3n) is 4.44. The summed E-state index contributed by atoms with van der Waals surface area (Å²) in [5.41, 5.74) is 2.81. The highest BCUT2D eigenvalue weighted by Gasteiger charge is 2.16. The average Bonchev–Trinajstić information content (AvgIpc) is 3.23. The van der Waals surface area contributed by atoms with Crippen LogP contribution in [0, 0.1) is 0 Å². The minimum absolute atomic E-state index is 0.226. The lowest BCUT2D eigenvalue weighted by atomic mass is 10.1. The van der Waals surface area contributed by atoms with E-state index in [0.717, 1.165) is 16.9 Å². The third kappa shape index (κ3) is 4.09. The zero-order valence-corrected chi connectivity index (χ0v) is 16.3. The van der Waals surface area contributed by atoms with Gasteiger partial charge in [-0.25, -0.2) is 0 Å². The molecule has 0 spiro atoms. The van der Waals surface area contributed by atoms with Gasteiger partial charge in [0.1, 0.15) is 11.4 Å².